The van der Waals surface area contributed by atoms with E-state index in [9.17, 15) is 0 Å². The van der Waals surface area contributed by atoms with Crippen LogP contribution in [-0.4, -0.2) is 88.9 Å². The second-order valence-corrected chi connectivity index (χ2v) is 0. The molecule has 4 heteroatoms. The Morgan fingerprint density at radius 2 is 1.00 bits per heavy atom. The predicted molar refractivity (Wildman–Crippen MR) is 17.3 cm³/mol. The van der Waals surface area contributed by atoms with Gasteiger partial charge in [-0.3, -0.25) is 0 Å². The molecule has 21 valence electrons. The SMILES string of the molecule is [Ag].[Ca].[Pb].[Sn]. The van der Waals surface area contributed by atoms with Gasteiger partial charge in [-0.2, -0.15) is 0 Å². The molecule has 0 atom stereocenters. The second-order valence-electron chi connectivity index (χ2n) is 0. The first-order valence-corrected chi connectivity index (χ1v) is 0. The van der Waals surface area contributed by atoms with Crippen molar-refractivity contribution in [3.8, 4) is 0 Å². The van der Waals surface area contributed by atoms with Crippen molar-refractivity contribution < 1.29 is 22.4 Å². The predicted octanol–water partition coefficient (Wildman–Crippen LogP) is -1.14. The van der Waals surface area contributed by atoms with E-state index in [-0.39, 0.29) is 111 Å². The fourth-order valence-electron chi connectivity index (χ4n) is 0. The molecule has 0 aromatic carbocycles. The molecule has 0 aromatic rings. The van der Waals surface area contributed by atoms with Gasteiger partial charge in [0, 0.05) is 111 Å². The number of hydrogen-bond donors (Lipinski definition) is 0. The summed E-state index contributed by atoms with van der Waals surface area (Å²) < 4.78 is 0. The zero-order valence-corrected chi connectivity index (χ0v) is 12.4. The van der Waals surface area contributed by atoms with Gasteiger partial charge in [0.25, 0.3) is 0 Å². The van der Waals surface area contributed by atoms with Crippen molar-refractivity contribution in [2.45, 2.75) is 0 Å². The summed E-state index contributed by atoms with van der Waals surface area (Å²) in [5.41, 5.74) is 0. The van der Waals surface area contributed by atoms with Crippen LogP contribution in [0.3, 0.4) is 0 Å². The monoisotopic (exact) mass is 475 g/mol. The first-order chi connectivity index (χ1) is 0. The van der Waals surface area contributed by atoms with Crippen LogP contribution in [0.5, 0.6) is 0 Å². The van der Waals surface area contributed by atoms with E-state index in [1.807, 2.05) is 0 Å². The van der Waals surface area contributed by atoms with Crippen LogP contribution in [0, 0.1) is 0 Å². The van der Waals surface area contributed by atoms with Crippen molar-refractivity contribution in [2.75, 3.05) is 0 Å². The molecule has 0 aliphatic carbocycles. The van der Waals surface area contributed by atoms with Gasteiger partial charge >= 0.3 is 0 Å². The van der Waals surface area contributed by atoms with Gasteiger partial charge in [0.05, 0.1) is 0 Å². The van der Waals surface area contributed by atoms with E-state index >= 15 is 0 Å². The van der Waals surface area contributed by atoms with E-state index in [1.54, 1.807) is 0 Å². The Labute approximate surface area is 108 Å². The third kappa shape index (κ3) is 9.21. The summed E-state index contributed by atoms with van der Waals surface area (Å²) in [6, 6.07) is 0. The number of hydrogen-bond acceptors (Lipinski definition) is 0. The van der Waals surface area contributed by atoms with E-state index in [0.717, 1.165) is 0 Å². The van der Waals surface area contributed by atoms with Gasteiger partial charge < -0.3 is 0 Å². The van der Waals surface area contributed by atoms with Crippen LogP contribution < -0.4 is 0 Å². The molecule has 0 unspecified atom stereocenters. The average Bonchev–Trinajstić information content (AvgIpc) is 0. The van der Waals surface area contributed by atoms with Crippen molar-refractivity contribution >= 4 is 88.9 Å². The molecule has 0 N–H and O–H groups in total. The smallest absolute Gasteiger partial charge is 0 e. The minimum Gasteiger partial charge on any atom is 0 e. The molecular weight excluding hydrogens is 474 g/mol. The van der Waals surface area contributed by atoms with E-state index in [4.69, 9.17) is 0 Å². The van der Waals surface area contributed by atoms with Gasteiger partial charge in [-0.15, -0.1) is 0 Å². The van der Waals surface area contributed by atoms with E-state index in [2.05, 4.69) is 0 Å². The summed E-state index contributed by atoms with van der Waals surface area (Å²) in [4.78, 5) is 0. The average molecular weight is 474 g/mol. The Morgan fingerprint density at radius 1 is 1.00 bits per heavy atom. The molecule has 0 saturated carbocycles. The van der Waals surface area contributed by atoms with E-state index in [1.165, 1.54) is 0 Å². The van der Waals surface area contributed by atoms with Gasteiger partial charge in [-0.05, 0) is 0 Å². The fourth-order valence-corrected chi connectivity index (χ4v) is 0. The zero-order valence-electron chi connectivity index (χ0n) is 2.01. The van der Waals surface area contributed by atoms with Crippen molar-refractivity contribution in [1.82, 2.24) is 0 Å². The van der Waals surface area contributed by atoms with Crippen LogP contribution in [0.25, 0.3) is 0 Å². The van der Waals surface area contributed by atoms with Gasteiger partial charge in [0.2, 0.25) is 0 Å². The van der Waals surface area contributed by atoms with E-state index in [0.29, 0.717) is 0 Å². The zero-order chi connectivity index (χ0) is 0. The molecule has 0 nitrogen and oxygen atoms in total. The van der Waals surface area contributed by atoms with Crippen LogP contribution >= 0.6 is 0 Å². The quantitative estimate of drug-likeness (QED) is 0.390. The minimum atomic E-state index is 0. The van der Waals surface area contributed by atoms with Gasteiger partial charge in [-0.25, -0.2) is 0 Å². The Hall–Kier alpha value is 3.72. The van der Waals surface area contributed by atoms with Crippen molar-refractivity contribution in [3.05, 3.63) is 0 Å². The maximum Gasteiger partial charge on any atom is 0 e. The van der Waals surface area contributed by atoms with Gasteiger partial charge in [0.1, 0.15) is 0 Å². The van der Waals surface area contributed by atoms with Crippen LogP contribution in [-0.2, 0) is 22.4 Å². The van der Waals surface area contributed by atoms with E-state index < -0.39 is 0 Å². The molecule has 0 bridgehead atoms. The summed E-state index contributed by atoms with van der Waals surface area (Å²) in [6.45, 7) is 0. The molecular formula is AgCaPbSn. The molecule has 0 amide bonds. The maximum atomic E-state index is 0. The van der Waals surface area contributed by atoms with Crippen molar-refractivity contribution in [2.24, 2.45) is 0 Å². The molecule has 0 rings (SSSR count). The van der Waals surface area contributed by atoms with Crippen LogP contribution in [0.1, 0.15) is 0 Å². The molecule has 0 spiro atoms. The summed E-state index contributed by atoms with van der Waals surface area (Å²) in [5, 5.41) is 0. The molecule has 0 heterocycles. The molecule has 11 radical (unpaired) electrons. The molecule has 0 fully saturated rings. The molecule has 4 heavy (non-hydrogen) atoms. The third-order valence-corrected chi connectivity index (χ3v) is 0. The van der Waals surface area contributed by atoms with Crippen LogP contribution in [0.4, 0.5) is 0 Å². The third-order valence-electron chi connectivity index (χ3n) is 0. The van der Waals surface area contributed by atoms with Gasteiger partial charge in [-0.1, -0.05) is 0 Å². The van der Waals surface area contributed by atoms with Crippen LogP contribution in [0.2, 0.25) is 0 Å². The molecule has 0 aromatic heterocycles. The first-order valence-electron chi connectivity index (χ1n) is 0. The number of rotatable bonds is 0. The maximum absolute atomic E-state index is 0. The normalized spacial score (nSPS) is 0. The fraction of sp³-hybridized carbons (Fsp3) is 0. The summed E-state index contributed by atoms with van der Waals surface area (Å²) in [5.74, 6) is 0. The molecule has 0 aliphatic rings. The summed E-state index contributed by atoms with van der Waals surface area (Å²) in [7, 11) is 0. The topological polar surface area (TPSA) is 0 Å². The Morgan fingerprint density at radius 3 is 1.00 bits per heavy atom. The molecule has 0 saturated heterocycles. The Kier molecular flexibility index (Phi) is 100. The largest absolute Gasteiger partial charge is 0 e. The summed E-state index contributed by atoms with van der Waals surface area (Å²) >= 11 is 0. The minimum absolute atomic E-state index is 0. The second kappa shape index (κ2) is 15.9. The molecule has 0 aliphatic heterocycles. The first kappa shape index (κ1) is 25.2. The van der Waals surface area contributed by atoms with Crippen molar-refractivity contribution in [3.63, 3.8) is 0 Å². The standard InChI is InChI=1S/Ag.Ca.Pb.Sn. The summed E-state index contributed by atoms with van der Waals surface area (Å²) in [6.07, 6.45) is 0. The Bertz CT molecular complexity index is 8.00. The van der Waals surface area contributed by atoms with Crippen LogP contribution in [0.15, 0.2) is 0 Å². The Balaban J connectivity index is 0. The van der Waals surface area contributed by atoms with Gasteiger partial charge in [0.15, 0.2) is 0 Å². The van der Waals surface area contributed by atoms with Crippen molar-refractivity contribution in [1.29, 1.82) is 0 Å².